The molecule has 0 fully saturated rings. The van der Waals surface area contributed by atoms with Crippen molar-refractivity contribution >= 4 is 17.2 Å². The van der Waals surface area contributed by atoms with Gasteiger partial charge in [-0.25, -0.2) is 0 Å². The lowest BCUT2D eigenvalue weighted by Gasteiger charge is -2.31. The highest BCUT2D eigenvalue weighted by molar-refractivity contribution is 7.10. The Hall–Kier alpha value is -1.86. The molecule has 0 bridgehead atoms. The zero-order valence-electron chi connectivity index (χ0n) is 12.1. The van der Waals surface area contributed by atoms with Crippen LogP contribution in [0.2, 0.25) is 0 Å². The first-order chi connectivity index (χ1) is 10.8. The Morgan fingerprint density at radius 2 is 1.83 bits per heavy atom. The quantitative estimate of drug-likeness (QED) is 0.846. The summed E-state index contributed by atoms with van der Waals surface area (Å²) in [7, 11) is 0. The number of carbonyl (C=O) groups is 1. The second-order valence-electron chi connectivity index (χ2n) is 5.08. The fraction of sp³-hybridized carbons (Fsp3) is 0.312. The Balaban J connectivity index is 1.98. The van der Waals surface area contributed by atoms with E-state index in [0.29, 0.717) is 0 Å². The van der Waals surface area contributed by atoms with Gasteiger partial charge in [-0.3, -0.25) is 4.79 Å². The summed E-state index contributed by atoms with van der Waals surface area (Å²) >= 11 is 1.40. The predicted molar refractivity (Wildman–Crippen MR) is 82.0 cm³/mol. The molecule has 124 valence electrons. The van der Waals surface area contributed by atoms with Crippen molar-refractivity contribution in [2.24, 2.45) is 0 Å². The van der Waals surface area contributed by atoms with Gasteiger partial charge in [0.2, 0.25) is 5.91 Å². The fourth-order valence-corrected chi connectivity index (χ4v) is 2.88. The molecule has 1 aromatic carbocycles. The number of benzene rings is 1. The lowest BCUT2D eigenvalue weighted by molar-refractivity contribution is -0.268. The molecular weight excluding hydrogens is 327 g/mol. The van der Waals surface area contributed by atoms with Gasteiger partial charge in [-0.15, -0.1) is 11.3 Å². The van der Waals surface area contributed by atoms with Gasteiger partial charge in [-0.2, -0.15) is 13.2 Å². The standard InChI is InChI=1S/C16H16F3NO2S/c17-16(18,19)15(22,12-5-2-1-3-6-12)8-9-20-14(21)11-13-7-4-10-23-13/h1-7,10,22H,8-9,11H2,(H,20,21)/t15-/m0/s1. The van der Waals surface area contributed by atoms with E-state index >= 15 is 0 Å². The molecule has 23 heavy (non-hydrogen) atoms. The molecule has 7 heteroatoms. The number of aliphatic hydroxyl groups is 1. The summed E-state index contributed by atoms with van der Waals surface area (Å²) < 4.78 is 39.8. The third kappa shape index (κ3) is 4.33. The summed E-state index contributed by atoms with van der Waals surface area (Å²) in [5.74, 6) is -0.370. The van der Waals surface area contributed by atoms with Gasteiger partial charge in [0.15, 0.2) is 5.60 Å². The molecule has 1 aromatic heterocycles. The Kier molecular flexibility index (Phi) is 5.43. The monoisotopic (exact) mass is 343 g/mol. The maximum absolute atomic E-state index is 13.3. The fourth-order valence-electron chi connectivity index (χ4n) is 2.18. The number of alkyl halides is 3. The van der Waals surface area contributed by atoms with Crippen LogP contribution in [0.1, 0.15) is 16.9 Å². The maximum Gasteiger partial charge on any atom is 0.421 e. The molecule has 0 aliphatic heterocycles. The van der Waals surface area contributed by atoms with Crippen LogP contribution in [0.25, 0.3) is 0 Å². The van der Waals surface area contributed by atoms with Crippen LogP contribution in [-0.2, 0) is 16.8 Å². The molecule has 1 atom stereocenters. The normalized spacial score (nSPS) is 14.3. The Morgan fingerprint density at radius 1 is 1.13 bits per heavy atom. The third-order valence-corrected chi connectivity index (χ3v) is 4.32. The van der Waals surface area contributed by atoms with Crippen molar-refractivity contribution in [1.82, 2.24) is 5.32 Å². The van der Waals surface area contributed by atoms with Gasteiger partial charge in [0, 0.05) is 17.8 Å². The van der Waals surface area contributed by atoms with E-state index in [1.165, 1.54) is 35.6 Å². The molecule has 1 heterocycles. The summed E-state index contributed by atoms with van der Waals surface area (Å²) in [6, 6.07) is 10.5. The third-order valence-electron chi connectivity index (χ3n) is 3.44. The van der Waals surface area contributed by atoms with E-state index in [4.69, 9.17) is 0 Å². The molecule has 0 aliphatic rings. The molecule has 3 nitrogen and oxygen atoms in total. The number of nitrogens with one attached hydrogen (secondary N) is 1. The highest BCUT2D eigenvalue weighted by Crippen LogP contribution is 2.41. The zero-order valence-corrected chi connectivity index (χ0v) is 13.0. The Labute approximate surface area is 135 Å². The minimum absolute atomic E-state index is 0.119. The van der Waals surface area contributed by atoms with Crippen LogP contribution >= 0.6 is 11.3 Å². The number of amides is 1. The topological polar surface area (TPSA) is 49.3 Å². The van der Waals surface area contributed by atoms with E-state index < -0.39 is 18.2 Å². The van der Waals surface area contributed by atoms with Crippen molar-refractivity contribution < 1.29 is 23.1 Å². The van der Waals surface area contributed by atoms with Crippen LogP contribution in [0, 0.1) is 0 Å². The van der Waals surface area contributed by atoms with E-state index in [1.807, 2.05) is 5.38 Å². The molecule has 0 unspecified atom stereocenters. The van der Waals surface area contributed by atoms with E-state index in [2.05, 4.69) is 5.32 Å². The highest BCUT2D eigenvalue weighted by atomic mass is 32.1. The summed E-state index contributed by atoms with van der Waals surface area (Å²) in [6.45, 7) is -0.269. The number of rotatable bonds is 6. The maximum atomic E-state index is 13.3. The zero-order chi connectivity index (χ0) is 16.9. The van der Waals surface area contributed by atoms with Crippen LogP contribution in [0.3, 0.4) is 0 Å². The number of thiophene rings is 1. The largest absolute Gasteiger partial charge is 0.421 e. The van der Waals surface area contributed by atoms with Gasteiger partial charge >= 0.3 is 6.18 Å². The average molecular weight is 343 g/mol. The molecule has 0 radical (unpaired) electrons. The van der Waals surface area contributed by atoms with Crippen molar-refractivity contribution in [2.75, 3.05) is 6.54 Å². The van der Waals surface area contributed by atoms with Crippen molar-refractivity contribution in [1.29, 1.82) is 0 Å². The van der Waals surface area contributed by atoms with Gasteiger partial charge in [-0.05, 0) is 17.0 Å². The van der Waals surface area contributed by atoms with Crippen molar-refractivity contribution in [3.63, 3.8) is 0 Å². The predicted octanol–water partition coefficient (Wildman–Crippen LogP) is 3.25. The van der Waals surface area contributed by atoms with Crippen LogP contribution < -0.4 is 5.32 Å². The highest BCUT2D eigenvalue weighted by Gasteiger charge is 2.54. The second-order valence-corrected chi connectivity index (χ2v) is 6.11. The first kappa shape index (κ1) is 17.5. The van der Waals surface area contributed by atoms with E-state index in [-0.39, 0.29) is 24.4 Å². The first-order valence-corrected chi connectivity index (χ1v) is 7.84. The van der Waals surface area contributed by atoms with Crippen LogP contribution in [-0.4, -0.2) is 23.7 Å². The molecule has 2 rings (SSSR count). The number of hydrogen-bond donors (Lipinski definition) is 2. The average Bonchev–Trinajstić information content (AvgIpc) is 2.99. The Bertz CT molecular complexity index is 629. The number of halogens is 3. The molecule has 0 aliphatic carbocycles. The minimum atomic E-state index is -4.83. The number of carbonyl (C=O) groups excluding carboxylic acids is 1. The summed E-state index contributed by atoms with van der Waals surface area (Å²) in [4.78, 5) is 12.5. The number of hydrogen-bond acceptors (Lipinski definition) is 3. The molecular formula is C16H16F3NO2S. The summed E-state index contributed by atoms with van der Waals surface area (Å²) in [5.41, 5.74) is -3.22. The van der Waals surface area contributed by atoms with Gasteiger partial charge in [-0.1, -0.05) is 36.4 Å². The lowest BCUT2D eigenvalue weighted by atomic mass is 9.89. The summed E-state index contributed by atoms with van der Waals surface area (Å²) in [6.07, 6.45) is -5.35. The molecule has 0 saturated heterocycles. The first-order valence-electron chi connectivity index (χ1n) is 6.96. The smallest absolute Gasteiger partial charge is 0.376 e. The van der Waals surface area contributed by atoms with Gasteiger partial charge in [0.25, 0.3) is 0 Å². The van der Waals surface area contributed by atoms with Gasteiger partial charge < -0.3 is 10.4 Å². The van der Waals surface area contributed by atoms with E-state index in [0.717, 1.165) is 4.88 Å². The van der Waals surface area contributed by atoms with E-state index in [9.17, 15) is 23.1 Å². The minimum Gasteiger partial charge on any atom is -0.376 e. The Morgan fingerprint density at radius 3 is 2.39 bits per heavy atom. The molecule has 0 spiro atoms. The molecule has 2 aromatic rings. The van der Waals surface area contributed by atoms with Crippen molar-refractivity contribution in [2.45, 2.75) is 24.6 Å². The van der Waals surface area contributed by atoms with Gasteiger partial charge in [0.05, 0.1) is 6.42 Å². The van der Waals surface area contributed by atoms with Crippen LogP contribution in [0.15, 0.2) is 47.8 Å². The summed E-state index contributed by atoms with van der Waals surface area (Å²) in [5, 5.41) is 14.4. The lowest BCUT2D eigenvalue weighted by Crippen LogP contribution is -2.45. The molecule has 0 saturated carbocycles. The van der Waals surface area contributed by atoms with Crippen LogP contribution in [0.5, 0.6) is 0 Å². The van der Waals surface area contributed by atoms with Crippen LogP contribution in [0.4, 0.5) is 13.2 Å². The molecule has 1 amide bonds. The van der Waals surface area contributed by atoms with E-state index in [1.54, 1.807) is 18.2 Å². The van der Waals surface area contributed by atoms with Gasteiger partial charge in [0.1, 0.15) is 0 Å². The van der Waals surface area contributed by atoms with Crippen molar-refractivity contribution in [3.8, 4) is 0 Å². The van der Waals surface area contributed by atoms with Crippen molar-refractivity contribution in [3.05, 3.63) is 58.3 Å². The molecule has 2 N–H and O–H groups in total. The second kappa shape index (κ2) is 7.14. The SMILES string of the molecule is O=C(Cc1cccs1)NCC[C@](O)(c1ccccc1)C(F)(F)F.